The van der Waals surface area contributed by atoms with Gasteiger partial charge in [0, 0.05) is 11.6 Å². The Morgan fingerprint density at radius 3 is 2.67 bits per heavy atom. The molecule has 0 amide bonds. The van der Waals surface area contributed by atoms with Gasteiger partial charge in [-0.15, -0.1) is 0 Å². The fourth-order valence-electron chi connectivity index (χ4n) is 2.74. The fourth-order valence-corrected chi connectivity index (χ4v) is 2.74. The topological polar surface area (TPSA) is 87.6 Å². The van der Waals surface area contributed by atoms with Crippen LogP contribution in [0, 0.1) is 10.1 Å². The highest BCUT2D eigenvalue weighted by molar-refractivity contribution is 5.48. The summed E-state index contributed by atoms with van der Waals surface area (Å²) < 4.78 is 10.7. The van der Waals surface area contributed by atoms with Crippen LogP contribution in [-0.2, 0) is 11.3 Å². The second-order valence-corrected chi connectivity index (χ2v) is 5.68. The van der Waals surface area contributed by atoms with Crippen LogP contribution in [0.3, 0.4) is 0 Å². The Morgan fingerprint density at radius 1 is 1.33 bits per heavy atom. The highest BCUT2D eigenvalue weighted by Gasteiger charge is 2.27. The zero-order valence-electron chi connectivity index (χ0n) is 12.3. The summed E-state index contributed by atoms with van der Waals surface area (Å²) in [5.41, 5.74) is 6.76. The number of nitrogens with two attached hydrogens (primary N) is 1. The predicted octanol–water partition coefficient (Wildman–Crippen LogP) is 2.78. The third kappa shape index (κ3) is 4.15. The molecule has 1 aliphatic carbocycles. The Balaban J connectivity index is 1.94. The smallest absolute Gasteiger partial charge is 0.311 e. The van der Waals surface area contributed by atoms with Gasteiger partial charge in [-0.3, -0.25) is 10.1 Å². The summed E-state index contributed by atoms with van der Waals surface area (Å²) in [6, 6.07) is 4.86. The summed E-state index contributed by atoms with van der Waals surface area (Å²) in [4.78, 5) is 10.5. The minimum atomic E-state index is -0.451. The average molecular weight is 294 g/mol. The third-order valence-electron chi connectivity index (χ3n) is 3.95. The van der Waals surface area contributed by atoms with Crippen LogP contribution in [0.4, 0.5) is 5.69 Å². The van der Waals surface area contributed by atoms with E-state index in [4.69, 9.17) is 15.2 Å². The van der Waals surface area contributed by atoms with E-state index in [0.717, 1.165) is 31.2 Å². The van der Waals surface area contributed by atoms with Crippen LogP contribution in [0.5, 0.6) is 5.75 Å². The normalized spacial score (nSPS) is 17.4. The fraction of sp³-hybridized carbons (Fsp3) is 0.600. The number of hydrogen-bond donors (Lipinski definition) is 1. The van der Waals surface area contributed by atoms with Crippen molar-refractivity contribution >= 4 is 5.69 Å². The summed E-state index contributed by atoms with van der Waals surface area (Å²) in [5.74, 6) is 0.256. The molecule has 0 heterocycles. The Labute approximate surface area is 124 Å². The molecule has 1 fully saturated rings. The van der Waals surface area contributed by atoms with Crippen molar-refractivity contribution < 1.29 is 14.4 Å². The van der Waals surface area contributed by atoms with E-state index >= 15 is 0 Å². The van der Waals surface area contributed by atoms with Crippen molar-refractivity contribution in [3.8, 4) is 5.75 Å². The van der Waals surface area contributed by atoms with Gasteiger partial charge in [0.25, 0.3) is 0 Å². The van der Waals surface area contributed by atoms with Crippen molar-refractivity contribution in [2.24, 2.45) is 5.73 Å². The van der Waals surface area contributed by atoms with Crippen LogP contribution in [0.1, 0.15) is 37.7 Å². The highest BCUT2D eigenvalue weighted by Crippen LogP contribution is 2.29. The SMILES string of the molecule is COc1ccc(COCC2(N)CCCCC2)cc1[N+](=O)[O-]. The minimum absolute atomic E-state index is 0.0428. The first-order valence-electron chi connectivity index (χ1n) is 7.22. The maximum atomic E-state index is 11.0. The molecule has 0 aromatic heterocycles. The van der Waals surface area contributed by atoms with Crippen LogP contribution in [0.2, 0.25) is 0 Å². The van der Waals surface area contributed by atoms with Gasteiger partial charge in [-0.05, 0) is 24.5 Å². The van der Waals surface area contributed by atoms with E-state index in [1.165, 1.54) is 19.6 Å². The van der Waals surface area contributed by atoms with Crippen molar-refractivity contribution in [3.63, 3.8) is 0 Å². The molecule has 0 aliphatic heterocycles. The summed E-state index contributed by atoms with van der Waals surface area (Å²) in [6.07, 6.45) is 5.50. The lowest BCUT2D eigenvalue weighted by Crippen LogP contribution is -2.46. The number of benzene rings is 1. The molecule has 0 radical (unpaired) electrons. The van der Waals surface area contributed by atoms with Gasteiger partial charge in [-0.1, -0.05) is 25.3 Å². The Bertz CT molecular complexity index is 498. The second-order valence-electron chi connectivity index (χ2n) is 5.68. The Morgan fingerprint density at radius 2 is 2.05 bits per heavy atom. The number of nitrogens with zero attached hydrogens (tertiary/aromatic N) is 1. The molecule has 0 bridgehead atoms. The van der Waals surface area contributed by atoms with E-state index in [0.29, 0.717) is 13.2 Å². The number of methoxy groups -OCH3 is 1. The lowest BCUT2D eigenvalue weighted by atomic mass is 9.83. The monoisotopic (exact) mass is 294 g/mol. The lowest BCUT2D eigenvalue weighted by Gasteiger charge is -2.33. The quantitative estimate of drug-likeness (QED) is 0.644. The standard InChI is InChI=1S/C15H22N2O4/c1-20-14-6-5-12(9-13(14)17(18)19)10-21-11-15(16)7-3-2-4-8-15/h5-6,9H,2-4,7-8,10-11,16H2,1H3. The molecular formula is C15H22N2O4. The van der Waals surface area contributed by atoms with Crippen LogP contribution in [0.25, 0.3) is 0 Å². The number of nitro groups is 1. The first kappa shape index (κ1) is 15.7. The molecule has 6 nitrogen and oxygen atoms in total. The van der Waals surface area contributed by atoms with Gasteiger partial charge < -0.3 is 15.2 Å². The first-order chi connectivity index (χ1) is 10.0. The van der Waals surface area contributed by atoms with Crippen LogP contribution in [-0.4, -0.2) is 24.2 Å². The van der Waals surface area contributed by atoms with Crippen LogP contribution in [0.15, 0.2) is 18.2 Å². The number of nitro benzene ring substituents is 1. The maximum Gasteiger partial charge on any atom is 0.311 e. The maximum absolute atomic E-state index is 11.0. The van der Waals surface area contributed by atoms with Gasteiger partial charge in [0.15, 0.2) is 5.75 Å². The Hall–Kier alpha value is -1.66. The van der Waals surface area contributed by atoms with Crippen molar-refractivity contribution in [1.29, 1.82) is 0 Å². The molecule has 0 unspecified atom stereocenters. The largest absolute Gasteiger partial charge is 0.490 e. The van der Waals surface area contributed by atoms with E-state index in [2.05, 4.69) is 0 Å². The van der Waals surface area contributed by atoms with E-state index in [9.17, 15) is 10.1 Å². The summed E-state index contributed by atoms with van der Waals surface area (Å²) in [7, 11) is 1.42. The van der Waals surface area contributed by atoms with Gasteiger partial charge in [0.2, 0.25) is 0 Å². The number of hydrogen-bond acceptors (Lipinski definition) is 5. The molecule has 0 spiro atoms. The molecule has 2 rings (SSSR count). The molecule has 0 saturated heterocycles. The van der Waals surface area contributed by atoms with Crippen molar-refractivity contribution in [2.45, 2.75) is 44.2 Å². The summed E-state index contributed by atoms with van der Waals surface area (Å²) >= 11 is 0. The zero-order chi connectivity index (χ0) is 15.3. The molecule has 0 atom stereocenters. The number of ether oxygens (including phenoxy) is 2. The van der Waals surface area contributed by atoms with Crippen LogP contribution >= 0.6 is 0 Å². The van der Waals surface area contributed by atoms with Gasteiger partial charge in [-0.25, -0.2) is 0 Å². The van der Waals surface area contributed by atoms with Crippen molar-refractivity contribution in [1.82, 2.24) is 0 Å². The summed E-state index contributed by atoms with van der Waals surface area (Å²) in [5, 5.41) is 11.0. The average Bonchev–Trinajstić information content (AvgIpc) is 2.47. The minimum Gasteiger partial charge on any atom is -0.490 e. The van der Waals surface area contributed by atoms with E-state index in [1.807, 2.05) is 0 Å². The molecule has 21 heavy (non-hydrogen) atoms. The molecule has 1 saturated carbocycles. The molecule has 1 aromatic rings. The molecular weight excluding hydrogens is 272 g/mol. The van der Waals surface area contributed by atoms with E-state index in [1.54, 1.807) is 12.1 Å². The predicted molar refractivity (Wildman–Crippen MR) is 79.3 cm³/mol. The zero-order valence-corrected chi connectivity index (χ0v) is 12.3. The molecule has 1 aromatic carbocycles. The van der Waals surface area contributed by atoms with E-state index < -0.39 is 4.92 Å². The molecule has 2 N–H and O–H groups in total. The van der Waals surface area contributed by atoms with Gasteiger partial charge in [0.1, 0.15) is 0 Å². The van der Waals surface area contributed by atoms with Gasteiger partial charge in [0.05, 0.1) is 25.2 Å². The number of rotatable bonds is 6. The summed E-state index contributed by atoms with van der Waals surface area (Å²) in [6.45, 7) is 0.816. The highest BCUT2D eigenvalue weighted by atomic mass is 16.6. The first-order valence-corrected chi connectivity index (χ1v) is 7.22. The molecule has 1 aliphatic rings. The molecule has 6 heteroatoms. The van der Waals surface area contributed by atoms with E-state index in [-0.39, 0.29) is 17.0 Å². The lowest BCUT2D eigenvalue weighted by molar-refractivity contribution is -0.385. The Kier molecular flexibility index (Phi) is 5.14. The van der Waals surface area contributed by atoms with Crippen molar-refractivity contribution in [2.75, 3.05) is 13.7 Å². The van der Waals surface area contributed by atoms with Crippen molar-refractivity contribution in [3.05, 3.63) is 33.9 Å². The van der Waals surface area contributed by atoms with Gasteiger partial charge >= 0.3 is 5.69 Å². The third-order valence-corrected chi connectivity index (χ3v) is 3.95. The van der Waals surface area contributed by atoms with Crippen LogP contribution < -0.4 is 10.5 Å². The second kappa shape index (κ2) is 6.87. The molecule has 116 valence electrons. The van der Waals surface area contributed by atoms with Gasteiger partial charge in [-0.2, -0.15) is 0 Å².